The number of likely N-dealkylation sites (N-methyl/N-ethyl adjacent to an activating group) is 1. The van der Waals surface area contributed by atoms with Gasteiger partial charge in [0, 0.05) is 12.7 Å². The number of benzene rings is 1. The van der Waals surface area contributed by atoms with Crippen molar-refractivity contribution in [2.75, 3.05) is 25.5 Å². The fraction of sp³-hybridized carbons (Fsp3) is 0.385. The Balaban J connectivity index is 2.42. The molecule has 1 aromatic carbocycles. The van der Waals surface area contributed by atoms with Crippen LogP contribution in [0.2, 0.25) is 0 Å². The van der Waals surface area contributed by atoms with Crippen molar-refractivity contribution in [2.24, 2.45) is 0 Å². The van der Waals surface area contributed by atoms with E-state index in [2.05, 4.69) is 16.0 Å². The van der Waals surface area contributed by atoms with Crippen LogP contribution in [0.3, 0.4) is 0 Å². The molecule has 0 aromatic heterocycles. The summed E-state index contributed by atoms with van der Waals surface area (Å²) in [5.41, 5.74) is 2.98. The van der Waals surface area contributed by atoms with Crippen LogP contribution < -0.4 is 16.0 Å². The van der Waals surface area contributed by atoms with Crippen molar-refractivity contribution in [1.82, 2.24) is 10.6 Å². The summed E-state index contributed by atoms with van der Waals surface area (Å²) < 4.78 is 0. The van der Waals surface area contributed by atoms with Gasteiger partial charge in [0.05, 0.1) is 13.1 Å². The summed E-state index contributed by atoms with van der Waals surface area (Å²) in [6, 6.07) is 5.83. The monoisotopic (exact) mass is 249 g/mol. The molecule has 0 radical (unpaired) electrons. The van der Waals surface area contributed by atoms with E-state index in [1.807, 2.05) is 32.0 Å². The molecule has 1 aromatic rings. The van der Waals surface area contributed by atoms with Crippen LogP contribution in [0, 0.1) is 13.8 Å². The summed E-state index contributed by atoms with van der Waals surface area (Å²) in [7, 11) is 1.56. The molecule has 5 heteroatoms. The molecule has 0 saturated carbocycles. The molecule has 0 aliphatic rings. The standard InChI is InChI=1S/C13H19N3O2/c1-9-4-5-11(10(2)6-9)16-13(18)8-15-7-12(17)14-3/h4-6,15H,7-8H2,1-3H3,(H,14,17)(H,16,18). The van der Waals surface area contributed by atoms with E-state index in [9.17, 15) is 9.59 Å². The SMILES string of the molecule is CNC(=O)CNCC(=O)Nc1ccc(C)cc1C. The lowest BCUT2D eigenvalue weighted by Gasteiger charge is -2.09. The molecule has 18 heavy (non-hydrogen) atoms. The van der Waals surface area contributed by atoms with Crippen molar-refractivity contribution in [3.05, 3.63) is 29.3 Å². The largest absolute Gasteiger partial charge is 0.358 e. The van der Waals surface area contributed by atoms with Crippen LogP contribution in [0.15, 0.2) is 18.2 Å². The zero-order valence-electron chi connectivity index (χ0n) is 11.0. The quantitative estimate of drug-likeness (QED) is 0.715. The highest BCUT2D eigenvalue weighted by molar-refractivity contribution is 5.93. The van der Waals surface area contributed by atoms with Gasteiger partial charge in [-0.15, -0.1) is 0 Å². The third kappa shape index (κ3) is 4.55. The molecule has 3 N–H and O–H groups in total. The molecule has 0 unspecified atom stereocenters. The first-order valence-corrected chi connectivity index (χ1v) is 5.81. The van der Waals surface area contributed by atoms with Gasteiger partial charge in [0.25, 0.3) is 0 Å². The summed E-state index contributed by atoms with van der Waals surface area (Å²) in [4.78, 5) is 22.6. The molecule has 98 valence electrons. The minimum Gasteiger partial charge on any atom is -0.358 e. The van der Waals surface area contributed by atoms with Gasteiger partial charge in [-0.1, -0.05) is 17.7 Å². The second kappa shape index (κ2) is 6.76. The zero-order valence-corrected chi connectivity index (χ0v) is 11.0. The average Bonchev–Trinajstić information content (AvgIpc) is 2.32. The van der Waals surface area contributed by atoms with Gasteiger partial charge in [0.1, 0.15) is 0 Å². The second-order valence-electron chi connectivity index (χ2n) is 4.14. The van der Waals surface area contributed by atoms with Crippen molar-refractivity contribution in [2.45, 2.75) is 13.8 Å². The number of nitrogens with one attached hydrogen (secondary N) is 3. The van der Waals surface area contributed by atoms with E-state index in [1.54, 1.807) is 7.05 Å². The molecule has 0 saturated heterocycles. The van der Waals surface area contributed by atoms with E-state index in [-0.39, 0.29) is 24.9 Å². The number of hydrogen-bond donors (Lipinski definition) is 3. The molecular weight excluding hydrogens is 230 g/mol. The lowest BCUT2D eigenvalue weighted by Crippen LogP contribution is -2.36. The minimum atomic E-state index is -0.161. The van der Waals surface area contributed by atoms with Gasteiger partial charge in [0.15, 0.2) is 0 Å². The van der Waals surface area contributed by atoms with Gasteiger partial charge < -0.3 is 10.6 Å². The highest BCUT2D eigenvalue weighted by Gasteiger charge is 2.05. The summed E-state index contributed by atoms with van der Waals surface area (Å²) in [6.07, 6.45) is 0. The van der Waals surface area contributed by atoms with Crippen LogP contribution in [0.1, 0.15) is 11.1 Å². The van der Waals surface area contributed by atoms with Gasteiger partial charge >= 0.3 is 0 Å². The van der Waals surface area contributed by atoms with Crippen molar-refractivity contribution in [1.29, 1.82) is 0 Å². The van der Waals surface area contributed by atoms with Gasteiger partial charge in [-0.25, -0.2) is 0 Å². The van der Waals surface area contributed by atoms with Crippen molar-refractivity contribution in [3.8, 4) is 0 Å². The van der Waals surface area contributed by atoms with E-state index in [1.165, 1.54) is 0 Å². The number of carbonyl (C=O) groups is 2. The second-order valence-corrected chi connectivity index (χ2v) is 4.14. The Morgan fingerprint density at radius 1 is 1.11 bits per heavy atom. The van der Waals surface area contributed by atoms with Gasteiger partial charge in [0.2, 0.25) is 11.8 Å². The van der Waals surface area contributed by atoms with Crippen LogP contribution in [-0.4, -0.2) is 32.0 Å². The first kappa shape index (κ1) is 14.2. The molecule has 0 spiro atoms. The maximum absolute atomic E-state index is 11.6. The minimum absolute atomic E-state index is 0.112. The molecule has 1 rings (SSSR count). The first-order chi connectivity index (χ1) is 8.52. The lowest BCUT2D eigenvalue weighted by atomic mass is 10.1. The fourth-order valence-electron chi connectivity index (χ4n) is 1.53. The van der Waals surface area contributed by atoms with Crippen LogP contribution >= 0.6 is 0 Å². The molecule has 0 aliphatic carbocycles. The smallest absolute Gasteiger partial charge is 0.238 e. The highest BCUT2D eigenvalue weighted by Crippen LogP contribution is 2.15. The Kier molecular flexibility index (Phi) is 5.32. The fourth-order valence-corrected chi connectivity index (χ4v) is 1.53. The Bertz CT molecular complexity index is 444. The van der Waals surface area contributed by atoms with E-state index in [0.29, 0.717) is 0 Å². The van der Waals surface area contributed by atoms with E-state index >= 15 is 0 Å². The Morgan fingerprint density at radius 3 is 2.39 bits per heavy atom. The predicted octanol–water partition coefficient (Wildman–Crippen LogP) is 0.578. The first-order valence-electron chi connectivity index (χ1n) is 5.81. The third-order valence-corrected chi connectivity index (χ3v) is 2.51. The van der Waals surface area contributed by atoms with Gasteiger partial charge in [-0.3, -0.25) is 14.9 Å². The van der Waals surface area contributed by atoms with Crippen LogP contribution in [0.5, 0.6) is 0 Å². The Morgan fingerprint density at radius 2 is 1.78 bits per heavy atom. The summed E-state index contributed by atoms with van der Waals surface area (Å²) in [5, 5.41) is 8.03. The summed E-state index contributed by atoms with van der Waals surface area (Å²) in [5.74, 6) is -0.305. The van der Waals surface area contributed by atoms with Crippen LogP contribution in [0.25, 0.3) is 0 Å². The zero-order chi connectivity index (χ0) is 13.5. The average molecular weight is 249 g/mol. The number of aryl methyl sites for hydroxylation is 2. The summed E-state index contributed by atoms with van der Waals surface area (Å²) >= 11 is 0. The van der Waals surface area contributed by atoms with E-state index < -0.39 is 0 Å². The Labute approximate surface area is 107 Å². The lowest BCUT2D eigenvalue weighted by molar-refractivity contribution is -0.119. The molecular formula is C13H19N3O2. The Hall–Kier alpha value is -1.88. The number of anilines is 1. The van der Waals surface area contributed by atoms with Crippen molar-refractivity contribution < 1.29 is 9.59 Å². The molecule has 5 nitrogen and oxygen atoms in total. The van der Waals surface area contributed by atoms with Gasteiger partial charge in [-0.05, 0) is 25.5 Å². The highest BCUT2D eigenvalue weighted by atomic mass is 16.2. The van der Waals surface area contributed by atoms with Crippen molar-refractivity contribution >= 4 is 17.5 Å². The molecule has 0 fully saturated rings. The number of carbonyl (C=O) groups excluding carboxylic acids is 2. The molecule has 2 amide bonds. The van der Waals surface area contributed by atoms with E-state index in [0.717, 1.165) is 16.8 Å². The molecule has 0 aliphatic heterocycles. The van der Waals surface area contributed by atoms with Gasteiger partial charge in [-0.2, -0.15) is 0 Å². The predicted molar refractivity (Wildman–Crippen MR) is 71.5 cm³/mol. The third-order valence-electron chi connectivity index (χ3n) is 2.51. The summed E-state index contributed by atoms with van der Waals surface area (Å²) in [6.45, 7) is 4.20. The molecule has 0 heterocycles. The van der Waals surface area contributed by atoms with Crippen molar-refractivity contribution in [3.63, 3.8) is 0 Å². The number of rotatable bonds is 5. The van der Waals surface area contributed by atoms with Crippen LogP contribution in [-0.2, 0) is 9.59 Å². The maximum Gasteiger partial charge on any atom is 0.238 e. The topological polar surface area (TPSA) is 70.2 Å². The van der Waals surface area contributed by atoms with E-state index in [4.69, 9.17) is 0 Å². The number of amides is 2. The molecule has 0 bridgehead atoms. The number of hydrogen-bond acceptors (Lipinski definition) is 3. The molecule has 0 atom stereocenters. The normalized spacial score (nSPS) is 9.94. The maximum atomic E-state index is 11.6. The van der Waals surface area contributed by atoms with Crippen LogP contribution in [0.4, 0.5) is 5.69 Å².